The van der Waals surface area contributed by atoms with Crippen molar-refractivity contribution in [2.45, 2.75) is 0 Å². The SMILES string of the molecule is C#[N+]c1ccc(Cl)cc1F. The average Bonchev–Trinajstić information content (AvgIpc) is 1.88. The Kier molecular flexibility index (Phi) is 1.88. The maximum atomic E-state index is 12.6. The fraction of sp³-hybridized carbons (Fsp3) is 0. The van der Waals surface area contributed by atoms with E-state index in [1.807, 2.05) is 0 Å². The van der Waals surface area contributed by atoms with Crippen LogP contribution in [0.5, 0.6) is 0 Å². The molecule has 0 fully saturated rings. The summed E-state index contributed by atoms with van der Waals surface area (Å²) in [4.78, 5) is 3.18. The maximum absolute atomic E-state index is 12.6. The van der Waals surface area contributed by atoms with Crippen molar-refractivity contribution >= 4 is 17.3 Å². The third-order valence-electron chi connectivity index (χ3n) is 1.05. The van der Waals surface area contributed by atoms with Gasteiger partial charge in [-0.3, -0.25) is 0 Å². The van der Waals surface area contributed by atoms with Gasteiger partial charge in [-0.25, -0.2) is 0 Å². The molecule has 1 aromatic rings. The Morgan fingerprint density at radius 1 is 1.50 bits per heavy atom. The van der Waals surface area contributed by atoms with Crippen LogP contribution in [0.3, 0.4) is 0 Å². The summed E-state index contributed by atoms with van der Waals surface area (Å²) in [5, 5.41) is 0.338. The van der Waals surface area contributed by atoms with Crippen molar-refractivity contribution < 1.29 is 4.39 Å². The molecular weight excluding hydrogens is 153 g/mol. The lowest BCUT2D eigenvalue weighted by molar-refractivity contribution is 0.634. The van der Waals surface area contributed by atoms with Crippen molar-refractivity contribution in [2.75, 3.05) is 0 Å². The summed E-state index contributed by atoms with van der Waals surface area (Å²) in [5.74, 6) is -0.505. The van der Waals surface area contributed by atoms with E-state index in [0.717, 1.165) is 6.07 Å². The van der Waals surface area contributed by atoms with Crippen molar-refractivity contribution in [1.82, 2.24) is 0 Å². The molecule has 1 aromatic carbocycles. The quantitative estimate of drug-likeness (QED) is 0.544. The van der Waals surface area contributed by atoms with Crippen molar-refractivity contribution in [3.05, 3.63) is 33.9 Å². The molecule has 0 atom stereocenters. The number of hydrogen-bond donors (Lipinski definition) is 0. The summed E-state index contributed by atoms with van der Waals surface area (Å²) >= 11 is 5.45. The van der Waals surface area contributed by atoms with Crippen molar-refractivity contribution in [3.63, 3.8) is 0 Å². The normalized spacial score (nSPS) is 8.90. The number of nitrogens with zero attached hydrogens (tertiary/aromatic N) is 1. The zero-order valence-corrected chi connectivity index (χ0v) is 5.77. The molecule has 0 amide bonds. The summed E-state index contributed by atoms with van der Waals surface area (Å²) in [6, 6.07) is 4.10. The second kappa shape index (κ2) is 2.68. The van der Waals surface area contributed by atoms with Crippen LogP contribution in [0, 0.1) is 12.4 Å². The Morgan fingerprint density at radius 3 is 2.70 bits per heavy atom. The van der Waals surface area contributed by atoms with Gasteiger partial charge in [0.25, 0.3) is 6.57 Å². The molecule has 0 saturated carbocycles. The zero-order valence-electron chi connectivity index (χ0n) is 5.01. The van der Waals surface area contributed by atoms with Crippen LogP contribution in [0.1, 0.15) is 0 Å². The molecule has 50 valence electrons. The first-order chi connectivity index (χ1) is 4.74. The Labute approximate surface area is 62.9 Å². The molecule has 0 spiro atoms. The summed E-state index contributed by atoms with van der Waals surface area (Å²) in [5.41, 5.74) is 0.115. The molecule has 3 heteroatoms. The second-order valence-corrected chi connectivity index (χ2v) is 2.16. The van der Waals surface area contributed by atoms with E-state index < -0.39 is 5.82 Å². The van der Waals surface area contributed by atoms with E-state index >= 15 is 0 Å². The fourth-order valence-corrected chi connectivity index (χ4v) is 0.745. The highest BCUT2D eigenvalue weighted by Crippen LogP contribution is 2.20. The highest BCUT2D eigenvalue weighted by atomic mass is 35.5. The number of rotatable bonds is 0. The molecule has 0 aromatic heterocycles. The van der Waals surface area contributed by atoms with E-state index in [0.29, 0.717) is 5.02 Å². The molecule has 0 bridgehead atoms. The maximum Gasteiger partial charge on any atom is 0.375 e. The van der Waals surface area contributed by atoms with Gasteiger partial charge in [0.1, 0.15) is 0 Å². The van der Waals surface area contributed by atoms with Crippen LogP contribution in [0.2, 0.25) is 5.02 Å². The lowest BCUT2D eigenvalue weighted by Crippen LogP contribution is -1.71. The van der Waals surface area contributed by atoms with E-state index in [1.54, 1.807) is 0 Å². The summed E-state index contributed by atoms with van der Waals surface area (Å²) in [7, 11) is 0. The van der Waals surface area contributed by atoms with E-state index in [-0.39, 0.29) is 5.69 Å². The fourth-order valence-electron chi connectivity index (χ4n) is 0.586. The first-order valence-electron chi connectivity index (χ1n) is 2.60. The highest BCUT2D eigenvalue weighted by molar-refractivity contribution is 6.30. The van der Waals surface area contributed by atoms with E-state index in [4.69, 9.17) is 18.2 Å². The van der Waals surface area contributed by atoms with Gasteiger partial charge in [-0.1, -0.05) is 11.6 Å². The molecule has 0 unspecified atom stereocenters. The van der Waals surface area contributed by atoms with Crippen molar-refractivity contribution in [2.24, 2.45) is 0 Å². The van der Waals surface area contributed by atoms with Crippen molar-refractivity contribution in [1.29, 1.82) is 0 Å². The van der Waals surface area contributed by atoms with Crippen LogP contribution in [-0.2, 0) is 0 Å². The Hall–Kier alpha value is -1.07. The first kappa shape index (κ1) is 7.04. The van der Waals surface area contributed by atoms with Gasteiger partial charge in [0, 0.05) is 17.2 Å². The minimum absolute atomic E-state index is 0.115. The van der Waals surface area contributed by atoms with Crippen LogP contribution in [0.15, 0.2) is 18.2 Å². The average molecular weight is 157 g/mol. The first-order valence-corrected chi connectivity index (χ1v) is 2.98. The standard InChI is InChI=1S/C7H4ClFN/c1-10-7-3-2-5(8)4-6(7)9/h1-4H/q+1. The molecule has 1 nitrogen and oxygen atoms in total. The molecular formula is C7H4ClFN+. The zero-order chi connectivity index (χ0) is 7.56. The molecule has 1 rings (SSSR count). The van der Waals surface area contributed by atoms with Gasteiger partial charge in [-0.05, 0) is 10.9 Å². The molecule has 0 aliphatic heterocycles. The van der Waals surface area contributed by atoms with E-state index in [9.17, 15) is 4.39 Å². The number of halogens is 2. The highest BCUT2D eigenvalue weighted by Gasteiger charge is 2.08. The summed E-state index contributed by atoms with van der Waals surface area (Å²) < 4.78 is 12.6. The molecule has 0 aliphatic rings. The van der Waals surface area contributed by atoms with Gasteiger partial charge in [0.2, 0.25) is 5.82 Å². The minimum Gasteiger partial charge on any atom is -0.198 e. The molecule has 10 heavy (non-hydrogen) atoms. The van der Waals surface area contributed by atoms with E-state index in [2.05, 4.69) is 4.85 Å². The van der Waals surface area contributed by atoms with Gasteiger partial charge >= 0.3 is 5.69 Å². The lowest BCUT2D eigenvalue weighted by Gasteiger charge is -1.85. The van der Waals surface area contributed by atoms with Crippen molar-refractivity contribution in [3.8, 4) is 6.57 Å². The third-order valence-corrected chi connectivity index (χ3v) is 1.28. The predicted octanol–water partition coefficient (Wildman–Crippen LogP) is 3.07. The van der Waals surface area contributed by atoms with Gasteiger partial charge in [-0.15, -0.1) is 0 Å². The molecule has 0 radical (unpaired) electrons. The summed E-state index contributed by atoms with van der Waals surface area (Å²) in [6.07, 6.45) is 0. The second-order valence-electron chi connectivity index (χ2n) is 1.72. The van der Waals surface area contributed by atoms with Gasteiger partial charge in [0.15, 0.2) is 0 Å². The largest absolute Gasteiger partial charge is 0.375 e. The lowest BCUT2D eigenvalue weighted by atomic mass is 10.3. The number of hydrogen-bond acceptors (Lipinski definition) is 0. The monoisotopic (exact) mass is 156 g/mol. The van der Waals surface area contributed by atoms with Gasteiger partial charge < -0.3 is 0 Å². The Balaban J connectivity index is 3.23. The molecule has 0 saturated heterocycles. The molecule has 0 N–H and O–H groups in total. The van der Waals surface area contributed by atoms with E-state index in [1.165, 1.54) is 12.1 Å². The minimum atomic E-state index is -0.505. The number of benzene rings is 1. The van der Waals surface area contributed by atoms with Crippen LogP contribution in [0.4, 0.5) is 10.1 Å². The Morgan fingerprint density at radius 2 is 2.20 bits per heavy atom. The van der Waals surface area contributed by atoms with Crippen LogP contribution in [-0.4, -0.2) is 0 Å². The van der Waals surface area contributed by atoms with Crippen LogP contribution < -0.4 is 0 Å². The van der Waals surface area contributed by atoms with Crippen LogP contribution >= 0.6 is 11.6 Å². The predicted molar refractivity (Wildman–Crippen MR) is 39.4 cm³/mol. The topological polar surface area (TPSA) is 4.36 Å². The molecule has 0 aliphatic carbocycles. The Bertz CT molecular complexity index is 290. The smallest absolute Gasteiger partial charge is 0.198 e. The summed E-state index contributed by atoms with van der Waals surface area (Å²) in [6.45, 7) is 4.84. The third kappa shape index (κ3) is 1.26. The van der Waals surface area contributed by atoms with Crippen LogP contribution in [0.25, 0.3) is 4.85 Å². The van der Waals surface area contributed by atoms with Gasteiger partial charge in [0.05, 0.1) is 0 Å². The van der Waals surface area contributed by atoms with Gasteiger partial charge in [-0.2, -0.15) is 4.39 Å². The molecule has 0 heterocycles.